The summed E-state index contributed by atoms with van der Waals surface area (Å²) < 4.78 is 32.3. The van der Waals surface area contributed by atoms with Gasteiger partial charge in [0.2, 0.25) is 10.0 Å². The molecule has 3 rings (SSSR count). The molecule has 1 aromatic heterocycles. The number of rotatable bonds is 4. The summed E-state index contributed by atoms with van der Waals surface area (Å²) in [5.41, 5.74) is 1.03. The highest BCUT2D eigenvalue weighted by Crippen LogP contribution is 2.22. The smallest absolute Gasteiger partial charge is 0.218 e. The molecule has 0 aliphatic carbocycles. The van der Waals surface area contributed by atoms with E-state index in [1.165, 1.54) is 0 Å². The van der Waals surface area contributed by atoms with Gasteiger partial charge in [-0.2, -0.15) is 4.31 Å². The molecule has 0 aromatic carbocycles. The maximum absolute atomic E-state index is 12.7. The highest BCUT2D eigenvalue weighted by Gasteiger charge is 2.35. The summed E-state index contributed by atoms with van der Waals surface area (Å²) in [4.78, 5) is 9.27. The molecule has 0 unspecified atom stereocenters. The number of morpholine rings is 1. The van der Waals surface area contributed by atoms with Crippen molar-refractivity contribution >= 4 is 10.0 Å². The van der Waals surface area contributed by atoms with Gasteiger partial charge in [0, 0.05) is 38.1 Å². The summed E-state index contributed by atoms with van der Waals surface area (Å²) >= 11 is 0. The topological polar surface area (TPSA) is 78.5 Å². The number of ether oxygens (including phenoxy) is 1. The minimum absolute atomic E-state index is 0.299. The number of nitrogens with zero attached hydrogens (tertiary/aromatic N) is 3. The lowest BCUT2D eigenvalue weighted by Crippen LogP contribution is -2.50. The molecule has 0 amide bonds. The van der Waals surface area contributed by atoms with Crippen molar-refractivity contribution in [1.29, 1.82) is 0 Å². The Balaban J connectivity index is 1.64. The lowest BCUT2D eigenvalue weighted by atomic mass is 10.1. The molecule has 7 nitrogen and oxygen atoms in total. The van der Waals surface area contributed by atoms with Crippen molar-refractivity contribution in [2.45, 2.75) is 24.6 Å². The first-order chi connectivity index (χ1) is 10.2. The van der Waals surface area contributed by atoms with Crippen molar-refractivity contribution in [3.63, 3.8) is 0 Å². The first-order valence-corrected chi connectivity index (χ1v) is 8.93. The summed E-state index contributed by atoms with van der Waals surface area (Å²) in [7, 11) is -3.21. The van der Waals surface area contributed by atoms with Crippen molar-refractivity contribution in [2.75, 3.05) is 39.4 Å². The van der Waals surface area contributed by atoms with Gasteiger partial charge in [0.25, 0.3) is 0 Å². The van der Waals surface area contributed by atoms with Crippen molar-refractivity contribution in [2.24, 2.45) is 0 Å². The summed E-state index contributed by atoms with van der Waals surface area (Å²) in [6, 6.07) is 0. The SMILES string of the molecule is O=S(=O)([C@H]1CCCN(Cc2cnc[nH]2)C1)N1CCOCC1. The Hall–Kier alpha value is -0.960. The van der Waals surface area contributed by atoms with E-state index in [2.05, 4.69) is 14.9 Å². The van der Waals surface area contributed by atoms with Crippen LogP contribution in [0.3, 0.4) is 0 Å². The summed E-state index contributed by atoms with van der Waals surface area (Å²) in [5.74, 6) is 0. The van der Waals surface area contributed by atoms with Crippen LogP contribution in [-0.2, 0) is 21.3 Å². The molecular weight excluding hydrogens is 292 g/mol. The lowest BCUT2D eigenvalue weighted by molar-refractivity contribution is 0.0719. The number of piperidine rings is 1. The molecule has 0 bridgehead atoms. The number of nitrogens with one attached hydrogen (secondary N) is 1. The summed E-state index contributed by atoms with van der Waals surface area (Å²) in [6.45, 7) is 4.24. The number of hydrogen-bond acceptors (Lipinski definition) is 5. The molecule has 2 saturated heterocycles. The van der Waals surface area contributed by atoms with Crippen LogP contribution in [0.1, 0.15) is 18.5 Å². The van der Waals surface area contributed by atoms with Crippen LogP contribution in [0.5, 0.6) is 0 Å². The van der Waals surface area contributed by atoms with Crippen molar-refractivity contribution in [1.82, 2.24) is 19.2 Å². The van der Waals surface area contributed by atoms with E-state index in [4.69, 9.17) is 4.74 Å². The van der Waals surface area contributed by atoms with Crippen LogP contribution in [0.4, 0.5) is 0 Å². The highest BCUT2D eigenvalue weighted by molar-refractivity contribution is 7.89. The molecule has 118 valence electrons. The minimum atomic E-state index is -3.21. The number of likely N-dealkylation sites (tertiary alicyclic amines) is 1. The normalized spacial score (nSPS) is 26.0. The molecule has 21 heavy (non-hydrogen) atoms. The quantitative estimate of drug-likeness (QED) is 0.849. The predicted octanol–water partition coefficient (Wildman–Crippen LogP) is 0.0361. The molecule has 1 atom stereocenters. The maximum atomic E-state index is 12.7. The van der Waals surface area contributed by atoms with Gasteiger partial charge in [-0.15, -0.1) is 0 Å². The zero-order valence-electron chi connectivity index (χ0n) is 12.1. The van der Waals surface area contributed by atoms with Crippen LogP contribution in [0.25, 0.3) is 0 Å². The number of sulfonamides is 1. The third-order valence-electron chi connectivity index (χ3n) is 4.16. The van der Waals surface area contributed by atoms with Crippen LogP contribution in [-0.4, -0.2) is 72.2 Å². The molecule has 1 aromatic rings. The van der Waals surface area contributed by atoms with Crippen molar-refractivity contribution in [3.8, 4) is 0 Å². The fraction of sp³-hybridized carbons (Fsp3) is 0.769. The number of hydrogen-bond donors (Lipinski definition) is 1. The molecule has 3 heterocycles. The monoisotopic (exact) mass is 314 g/mol. The van der Waals surface area contributed by atoms with E-state index >= 15 is 0 Å². The highest BCUT2D eigenvalue weighted by atomic mass is 32.2. The van der Waals surface area contributed by atoms with Crippen LogP contribution in [0, 0.1) is 0 Å². The van der Waals surface area contributed by atoms with E-state index in [0.29, 0.717) is 32.8 Å². The van der Waals surface area contributed by atoms with E-state index in [0.717, 1.165) is 31.6 Å². The van der Waals surface area contributed by atoms with Crippen molar-refractivity contribution < 1.29 is 13.2 Å². The molecule has 2 fully saturated rings. The Kier molecular flexibility index (Phi) is 4.58. The second-order valence-electron chi connectivity index (χ2n) is 5.63. The maximum Gasteiger partial charge on any atom is 0.218 e. The van der Waals surface area contributed by atoms with Gasteiger partial charge in [-0.25, -0.2) is 13.4 Å². The molecular formula is C13H22N4O3S. The standard InChI is InChI=1S/C13H22N4O3S/c18-21(19,17-4-6-20-7-5-17)13-2-1-3-16(10-13)9-12-8-14-11-15-12/h8,11,13H,1-7,9-10H2,(H,14,15)/t13-/m0/s1. The first-order valence-electron chi connectivity index (χ1n) is 7.42. The van der Waals surface area contributed by atoms with E-state index in [9.17, 15) is 8.42 Å². The van der Waals surface area contributed by atoms with E-state index in [1.54, 1.807) is 16.8 Å². The zero-order chi connectivity index (χ0) is 14.7. The Morgan fingerprint density at radius 3 is 2.86 bits per heavy atom. The Labute approximate surface area is 125 Å². The molecule has 0 spiro atoms. The van der Waals surface area contributed by atoms with E-state index in [-0.39, 0.29) is 5.25 Å². The lowest BCUT2D eigenvalue weighted by Gasteiger charge is -2.36. The van der Waals surface area contributed by atoms with Crippen molar-refractivity contribution in [3.05, 3.63) is 18.2 Å². The zero-order valence-corrected chi connectivity index (χ0v) is 12.9. The third-order valence-corrected chi connectivity index (χ3v) is 6.47. The summed E-state index contributed by atoms with van der Waals surface area (Å²) in [5, 5.41) is -0.299. The van der Waals surface area contributed by atoms with Crippen LogP contribution in [0.15, 0.2) is 12.5 Å². The van der Waals surface area contributed by atoms with Crippen LogP contribution >= 0.6 is 0 Å². The number of aromatic nitrogens is 2. The number of imidazole rings is 1. The van der Waals surface area contributed by atoms with Gasteiger partial charge in [0.05, 0.1) is 24.8 Å². The van der Waals surface area contributed by atoms with Gasteiger partial charge in [0.15, 0.2) is 0 Å². The van der Waals surface area contributed by atoms with Gasteiger partial charge in [0.1, 0.15) is 0 Å². The van der Waals surface area contributed by atoms with Gasteiger partial charge in [-0.1, -0.05) is 0 Å². The second kappa shape index (κ2) is 6.43. The minimum Gasteiger partial charge on any atom is -0.379 e. The van der Waals surface area contributed by atoms with Gasteiger partial charge < -0.3 is 9.72 Å². The molecule has 0 radical (unpaired) electrons. The van der Waals surface area contributed by atoms with Crippen LogP contribution < -0.4 is 0 Å². The number of aromatic amines is 1. The third kappa shape index (κ3) is 3.45. The van der Waals surface area contributed by atoms with E-state index < -0.39 is 10.0 Å². The average Bonchev–Trinajstić information content (AvgIpc) is 3.01. The Morgan fingerprint density at radius 1 is 1.33 bits per heavy atom. The molecule has 8 heteroatoms. The fourth-order valence-corrected chi connectivity index (χ4v) is 4.97. The first kappa shape index (κ1) is 15.0. The van der Waals surface area contributed by atoms with E-state index in [1.807, 2.05) is 0 Å². The molecule has 1 N–H and O–H groups in total. The molecule has 2 aliphatic heterocycles. The van der Waals surface area contributed by atoms with Gasteiger partial charge in [-0.05, 0) is 19.4 Å². The van der Waals surface area contributed by atoms with Crippen LogP contribution in [0.2, 0.25) is 0 Å². The Bertz CT molecular complexity index is 540. The Morgan fingerprint density at radius 2 is 2.14 bits per heavy atom. The molecule has 2 aliphatic rings. The largest absolute Gasteiger partial charge is 0.379 e. The number of H-pyrrole nitrogens is 1. The second-order valence-corrected chi connectivity index (χ2v) is 7.85. The average molecular weight is 314 g/mol. The predicted molar refractivity (Wildman–Crippen MR) is 78.2 cm³/mol. The molecule has 0 saturated carbocycles. The summed E-state index contributed by atoms with van der Waals surface area (Å²) in [6.07, 6.45) is 5.11. The van der Waals surface area contributed by atoms with Gasteiger partial charge >= 0.3 is 0 Å². The fourth-order valence-electron chi connectivity index (χ4n) is 3.02. The van der Waals surface area contributed by atoms with Gasteiger partial charge in [-0.3, -0.25) is 4.90 Å².